The Bertz CT molecular complexity index is 510. The van der Waals surface area contributed by atoms with Crippen molar-refractivity contribution in [3.8, 4) is 0 Å². The summed E-state index contributed by atoms with van der Waals surface area (Å²) in [5, 5.41) is 8.97. The normalized spacial score (nSPS) is 13.4. The van der Waals surface area contributed by atoms with Gasteiger partial charge in [-0.1, -0.05) is 0 Å². The molecular weight excluding hydrogens is 276 g/mol. The Kier molecular flexibility index (Phi) is 5.24. The first-order valence-corrected chi connectivity index (χ1v) is 8.10. The van der Waals surface area contributed by atoms with Crippen LogP contribution in [0.4, 0.5) is 0 Å². The highest BCUT2D eigenvalue weighted by molar-refractivity contribution is 7.98. The average molecular weight is 292 g/mol. The van der Waals surface area contributed by atoms with Crippen molar-refractivity contribution in [1.82, 2.24) is 9.29 Å². The fourth-order valence-electron chi connectivity index (χ4n) is 1.36. The molecule has 0 aliphatic rings. The van der Waals surface area contributed by atoms with Crippen LogP contribution in [0, 0.1) is 0 Å². The zero-order valence-corrected chi connectivity index (χ0v) is 11.8. The molecule has 0 aliphatic heterocycles. The minimum atomic E-state index is -3.78. The highest BCUT2D eigenvalue weighted by Crippen LogP contribution is 2.11. The summed E-state index contributed by atoms with van der Waals surface area (Å²) in [6.45, 7) is 0. The van der Waals surface area contributed by atoms with Gasteiger partial charge >= 0.3 is 5.97 Å². The molecule has 6 nitrogen and oxygen atoms in total. The van der Waals surface area contributed by atoms with Crippen molar-refractivity contribution < 1.29 is 18.3 Å². The molecule has 1 rings (SSSR count). The van der Waals surface area contributed by atoms with E-state index in [-0.39, 0.29) is 11.3 Å². The number of aryl methyl sites for hydroxylation is 1. The third-order valence-corrected chi connectivity index (χ3v) is 4.42. The summed E-state index contributed by atoms with van der Waals surface area (Å²) in [5.41, 5.74) is 0. The Labute approximate surface area is 110 Å². The quantitative estimate of drug-likeness (QED) is 0.764. The summed E-state index contributed by atoms with van der Waals surface area (Å²) in [7, 11) is -2.08. The fraction of sp³-hybridized carbons (Fsp3) is 0.500. The van der Waals surface area contributed by atoms with Crippen LogP contribution in [-0.4, -0.2) is 42.1 Å². The van der Waals surface area contributed by atoms with E-state index in [0.29, 0.717) is 5.75 Å². The molecule has 0 amide bonds. The number of aliphatic carboxylic acids is 1. The second-order valence-corrected chi connectivity index (χ2v) is 6.51. The van der Waals surface area contributed by atoms with E-state index >= 15 is 0 Å². The topological polar surface area (TPSA) is 88.4 Å². The molecule has 1 heterocycles. The van der Waals surface area contributed by atoms with Crippen molar-refractivity contribution in [2.45, 2.75) is 17.4 Å². The zero-order chi connectivity index (χ0) is 13.8. The molecule has 0 bridgehead atoms. The van der Waals surface area contributed by atoms with E-state index in [4.69, 9.17) is 5.11 Å². The second kappa shape index (κ2) is 6.26. The fourth-order valence-corrected chi connectivity index (χ4v) is 3.11. The summed E-state index contributed by atoms with van der Waals surface area (Å²) >= 11 is 1.47. The minimum Gasteiger partial charge on any atom is -0.480 e. The molecule has 8 heteroatoms. The molecule has 2 N–H and O–H groups in total. The molecule has 18 heavy (non-hydrogen) atoms. The lowest BCUT2D eigenvalue weighted by molar-refractivity contribution is -0.139. The Morgan fingerprint density at radius 3 is 2.72 bits per heavy atom. The van der Waals surface area contributed by atoms with Gasteiger partial charge in [0.05, 0.1) is 4.90 Å². The van der Waals surface area contributed by atoms with Crippen molar-refractivity contribution >= 4 is 27.8 Å². The van der Waals surface area contributed by atoms with E-state index < -0.39 is 22.0 Å². The average Bonchev–Trinajstić information content (AvgIpc) is 2.71. The van der Waals surface area contributed by atoms with E-state index in [1.54, 1.807) is 17.8 Å². The lowest BCUT2D eigenvalue weighted by Crippen LogP contribution is -2.41. The van der Waals surface area contributed by atoms with Crippen LogP contribution in [0.25, 0.3) is 0 Å². The Hall–Kier alpha value is -0.990. The van der Waals surface area contributed by atoms with Gasteiger partial charge in [-0.3, -0.25) is 4.79 Å². The minimum absolute atomic E-state index is 0.0698. The van der Waals surface area contributed by atoms with Gasteiger partial charge in [0.2, 0.25) is 10.0 Å². The van der Waals surface area contributed by atoms with Gasteiger partial charge in [0.25, 0.3) is 0 Å². The monoisotopic (exact) mass is 292 g/mol. The molecule has 0 fully saturated rings. The first kappa shape index (κ1) is 15.1. The Morgan fingerprint density at radius 1 is 1.61 bits per heavy atom. The van der Waals surface area contributed by atoms with Crippen molar-refractivity contribution in [3.05, 3.63) is 18.5 Å². The van der Waals surface area contributed by atoms with Crippen molar-refractivity contribution in [2.75, 3.05) is 12.0 Å². The van der Waals surface area contributed by atoms with Gasteiger partial charge in [0.1, 0.15) is 6.04 Å². The van der Waals surface area contributed by atoms with Crippen molar-refractivity contribution in [1.29, 1.82) is 0 Å². The van der Waals surface area contributed by atoms with Crippen LogP contribution in [-0.2, 0) is 21.9 Å². The van der Waals surface area contributed by atoms with Gasteiger partial charge in [0.15, 0.2) is 0 Å². The standard InChI is InChI=1S/C10H16N2O4S2/c1-12-5-3-8(7-12)18(15,16)11-9(10(13)14)4-6-17-2/h3,5,7,9,11H,4,6H2,1-2H3,(H,13,14). The molecular formula is C10H16N2O4S2. The highest BCUT2D eigenvalue weighted by Gasteiger charge is 2.25. The maximum atomic E-state index is 11.9. The van der Waals surface area contributed by atoms with Crippen LogP contribution in [0.3, 0.4) is 0 Å². The number of rotatable bonds is 7. The predicted molar refractivity (Wildman–Crippen MR) is 70.2 cm³/mol. The van der Waals surface area contributed by atoms with E-state index in [2.05, 4.69) is 4.72 Å². The lowest BCUT2D eigenvalue weighted by Gasteiger charge is -2.13. The third kappa shape index (κ3) is 4.04. The van der Waals surface area contributed by atoms with E-state index in [0.717, 1.165) is 0 Å². The predicted octanol–water partition coefficient (Wildman–Crippen LogP) is 0.510. The number of carbonyl (C=O) groups is 1. The van der Waals surface area contributed by atoms with Gasteiger partial charge in [-0.25, -0.2) is 8.42 Å². The molecule has 1 aromatic rings. The van der Waals surface area contributed by atoms with Crippen LogP contribution in [0.5, 0.6) is 0 Å². The van der Waals surface area contributed by atoms with Gasteiger partial charge in [-0.05, 0) is 24.5 Å². The SMILES string of the molecule is CSCCC(NS(=O)(=O)c1ccn(C)c1)C(=O)O. The van der Waals surface area contributed by atoms with Crippen molar-refractivity contribution in [2.24, 2.45) is 7.05 Å². The summed E-state index contributed by atoms with van der Waals surface area (Å²) in [4.78, 5) is 11.0. The summed E-state index contributed by atoms with van der Waals surface area (Å²) in [6, 6.07) is 0.332. The number of carboxylic acid groups (broad SMARTS) is 1. The Balaban J connectivity index is 2.82. The van der Waals surface area contributed by atoms with Gasteiger partial charge in [-0.2, -0.15) is 16.5 Å². The maximum Gasteiger partial charge on any atom is 0.321 e. The largest absolute Gasteiger partial charge is 0.480 e. The van der Waals surface area contributed by atoms with E-state index in [1.807, 2.05) is 6.26 Å². The van der Waals surface area contributed by atoms with Crippen LogP contribution < -0.4 is 4.72 Å². The van der Waals surface area contributed by atoms with Crippen molar-refractivity contribution in [3.63, 3.8) is 0 Å². The first-order chi connectivity index (χ1) is 8.36. The molecule has 1 unspecified atom stereocenters. The molecule has 102 valence electrons. The Morgan fingerprint density at radius 2 is 2.28 bits per heavy atom. The van der Waals surface area contributed by atoms with Gasteiger partial charge in [-0.15, -0.1) is 0 Å². The van der Waals surface area contributed by atoms with E-state index in [1.165, 1.54) is 24.0 Å². The summed E-state index contributed by atoms with van der Waals surface area (Å²) in [6.07, 6.45) is 5.11. The second-order valence-electron chi connectivity index (χ2n) is 3.81. The number of thioether (sulfide) groups is 1. The molecule has 0 saturated heterocycles. The van der Waals surface area contributed by atoms with Gasteiger partial charge in [0, 0.05) is 19.4 Å². The molecule has 0 spiro atoms. The number of aromatic nitrogens is 1. The first-order valence-electron chi connectivity index (χ1n) is 5.23. The highest BCUT2D eigenvalue weighted by atomic mass is 32.2. The van der Waals surface area contributed by atoms with E-state index in [9.17, 15) is 13.2 Å². The number of sulfonamides is 1. The lowest BCUT2D eigenvalue weighted by atomic mass is 10.2. The summed E-state index contributed by atoms with van der Waals surface area (Å²) < 4.78 is 27.7. The molecule has 0 aromatic carbocycles. The smallest absolute Gasteiger partial charge is 0.321 e. The van der Waals surface area contributed by atoms with Crippen LogP contribution in [0.2, 0.25) is 0 Å². The van der Waals surface area contributed by atoms with Gasteiger partial charge < -0.3 is 9.67 Å². The van der Waals surface area contributed by atoms with Crippen LogP contribution in [0.15, 0.2) is 23.4 Å². The zero-order valence-electron chi connectivity index (χ0n) is 10.2. The molecule has 1 aromatic heterocycles. The number of nitrogens with zero attached hydrogens (tertiary/aromatic N) is 1. The van der Waals surface area contributed by atoms with Crippen LogP contribution in [0.1, 0.15) is 6.42 Å². The summed E-state index contributed by atoms with van der Waals surface area (Å²) in [5.74, 6) is -0.586. The molecule has 0 radical (unpaired) electrons. The number of nitrogens with one attached hydrogen (secondary N) is 1. The number of carboxylic acids is 1. The maximum absolute atomic E-state index is 11.9. The molecule has 0 saturated carbocycles. The number of hydrogen-bond acceptors (Lipinski definition) is 4. The molecule has 0 aliphatic carbocycles. The number of hydrogen-bond donors (Lipinski definition) is 2. The molecule has 1 atom stereocenters. The van der Waals surface area contributed by atoms with Crippen LogP contribution >= 0.6 is 11.8 Å². The third-order valence-electron chi connectivity index (χ3n) is 2.32.